The number of para-hydroxylation sites is 1. The molecule has 0 saturated heterocycles. The smallest absolute Gasteiger partial charge is 0.319 e. The maximum Gasteiger partial charge on any atom is 0.319 e. The molecule has 1 aliphatic rings. The van der Waals surface area contributed by atoms with Gasteiger partial charge in [0.1, 0.15) is 11.7 Å². The average molecular weight is 558 g/mol. The third-order valence-corrected chi connectivity index (χ3v) is 7.18. The van der Waals surface area contributed by atoms with Gasteiger partial charge in [0.2, 0.25) is 11.8 Å². The monoisotopic (exact) mass is 557 g/mol. The number of nitrogens with zero attached hydrogens (tertiary/aromatic N) is 1. The fraction of sp³-hybridized carbons (Fsp3) is 0.280. The molecular weight excluding hydrogens is 534 g/mol. The number of carbonyl (C=O) groups excluding carboxylic acids is 3. The topological polar surface area (TPSA) is 118 Å². The minimum absolute atomic E-state index is 0.0409. The van der Waals surface area contributed by atoms with Crippen LogP contribution in [0, 0.1) is 17.2 Å². The first-order valence-corrected chi connectivity index (χ1v) is 12.5. The van der Waals surface area contributed by atoms with Crippen molar-refractivity contribution in [3.63, 3.8) is 0 Å². The molecule has 2 aromatic rings. The fourth-order valence-electron chi connectivity index (χ4n) is 3.83. The molecule has 10 heteroatoms. The molecule has 0 saturated carbocycles. The summed E-state index contributed by atoms with van der Waals surface area (Å²) in [4.78, 5) is 38.2. The summed E-state index contributed by atoms with van der Waals surface area (Å²) in [6.07, 6.45) is 0.761. The van der Waals surface area contributed by atoms with E-state index in [0.29, 0.717) is 15.8 Å². The minimum Gasteiger partial charge on any atom is -0.496 e. The van der Waals surface area contributed by atoms with E-state index in [1.807, 2.05) is 31.2 Å². The second-order valence-electron chi connectivity index (χ2n) is 7.56. The van der Waals surface area contributed by atoms with Crippen molar-refractivity contribution in [3.05, 3.63) is 68.7 Å². The summed E-state index contributed by atoms with van der Waals surface area (Å²) >= 11 is 4.45. The Morgan fingerprint density at radius 3 is 2.60 bits per heavy atom. The molecule has 0 unspecified atom stereocenters. The Hall–Kier alpha value is -3.29. The molecular formula is C25H24BrN3O5S. The van der Waals surface area contributed by atoms with E-state index in [4.69, 9.17) is 9.47 Å². The van der Waals surface area contributed by atoms with Crippen molar-refractivity contribution < 1.29 is 23.9 Å². The Kier molecular flexibility index (Phi) is 8.95. The standard InChI is InChI=1S/C25H24BrN3O5S/c1-4-14-7-5-6-8-18(14)28-20(30)13-35-24-16(12-27)21(22(23(31)29-24)25(32)34-3)15-9-10-19(33-2)17(26)11-15/h5-11,21-22H,4,13H2,1-3H3,(H,28,30)(H,29,31)/t21-,22+/m1/s1. The summed E-state index contributed by atoms with van der Waals surface area (Å²) in [6.45, 7) is 2.00. The molecule has 0 spiro atoms. The van der Waals surface area contributed by atoms with Crippen LogP contribution in [0.3, 0.4) is 0 Å². The number of esters is 1. The van der Waals surface area contributed by atoms with Crippen molar-refractivity contribution in [2.24, 2.45) is 5.92 Å². The van der Waals surface area contributed by atoms with Crippen LogP contribution in [0.5, 0.6) is 5.75 Å². The number of rotatable bonds is 8. The molecule has 2 N–H and O–H groups in total. The van der Waals surface area contributed by atoms with Gasteiger partial charge in [-0.25, -0.2) is 0 Å². The SMILES string of the molecule is CCc1ccccc1NC(=O)CSC1=C(C#N)[C@@H](c2ccc(OC)c(Br)c2)[C@H](C(=O)OC)C(=O)N1. The molecule has 35 heavy (non-hydrogen) atoms. The van der Waals surface area contributed by atoms with Crippen molar-refractivity contribution >= 4 is 51.2 Å². The number of methoxy groups -OCH3 is 2. The molecule has 0 aliphatic carbocycles. The number of amides is 2. The maximum atomic E-state index is 13.0. The van der Waals surface area contributed by atoms with Gasteiger partial charge in [-0.2, -0.15) is 5.26 Å². The van der Waals surface area contributed by atoms with E-state index >= 15 is 0 Å². The second kappa shape index (κ2) is 11.9. The summed E-state index contributed by atoms with van der Waals surface area (Å²) in [6, 6.07) is 14.7. The Balaban J connectivity index is 1.93. The van der Waals surface area contributed by atoms with Gasteiger partial charge in [0.25, 0.3) is 0 Å². The molecule has 0 aromatic heterocycles. The third-order valence-electron chi connectivity index (χ3n) is 5.54. The molecule has 2 aromatic carbocycles. The van der Waals surface area contributed by atoms with Crippen LogP contribution in [-0.2, 0) is 25.5 Å². The molecule has 8 nitrogen and oxygen atoms in total. The van der Waals surface area contributed by atoms with Crippen molar-refractivity contribution in [1.82, 2.24) is 5.32 Å². The first-order chi connectivity index (χ1) is 16.8. The number of nitriles is 1. The largest absolute Gasteiger partial charge is 0.496 e. The van der Waals surface area contributed by atoms with E-state index < -0.39 is 23.7 Å². The van der Waals surface area contributed by atoms with Crippen molar-refractivity contribution in [2.45, 2.75) is 19.3 Å². The van der Waals surface area contributed by atoms with Gasteiger partial charge < -0.3 is 20.1 Å². The van der Waals surface area contributed by atoms with E-state index in [-0.39, 0.29) is 22.3 Å². The van der Waals surface area contributed by atoms with Crippen LogP contribution in [-0.4, -0.2) is 37.8 Å². The van der Waals surface area contributed by atoms with Crippen molar-refractivity contribution in [1.29, 1.82) is 5.26 Å². The number of allylic oxidation sites excluding steroid dienone is 1. The van der Waals surface area contributed by atoms with Gasteiger partial charge in [0, 0.05) is 11.6 Å². The molecule has 0 fully saturated rings. The van der Waals surface area contributed by atoms with Crippen LogP contribution in [0.2, 0.25) is 0 Å². The number of ether oxygens (including phenoxy) is 2. The molecule has 1 heterocycles. The van der Waals surface area contributed by atoms with E-state index in [9.17, 15) is 19.6 Å². The summed E-state index contributed by atoms with van der Waals surface area (Å²) in [5.74, 6) is -3.28. The summed E-state index contributed by atoms with van der Waals surface area (Å²) < 4.78 is 10.7. The van der Waals surface area contributed by atoms with Crippen LogP contribution in [0.1, 0.15) is 24.0 Å². The van der Waals surface area contributed by atoms with Crippen LogP contribution in [0.25, 0.3) is 0 Å². The molecule has 0 bridgehead atoms. The van der Waals surface area contributed by atoms with E-state index in [1.165, 1.54) is 14.2 Å². The summed E-state index contributed by atoms with van der Waals surface area (Å²) in [7, 11) is 2.71. The number of anilines is 1. The minimum atomic E-state index is -1.26. The second-order valence-corrected chi connectivity index (χ2v) is 9.40. The zero-order valence-corrected chi connectivity index (χ0v) is 21.8. The lowest BCUT2D eigenvalue weighted by Gasteiger charge is -2.31. The fourth-order valence-corrected chi connectivity index (χ4v) is 5.24. The summed E-state index contributed by atoms with van der Waals surface area (Å²) in [5.41, 5.74) is 2.44. The number of thioether (sulfide) groups is 1. The Labute approximate surface area is 216 Å². The predicted molar refractivity (Wildman–Crippen MR) is 137 cm³/mol. The number of carbonyl (C=O) groups is 3. The Bertz CT molecular complexity index is 1220. The lowest BCUT2D eigenvalue weighted by molar-refractivity contribution is -0.150. The molecule has 182 valence electrons. The highest BCUT2D eigenvalue weighted by atomic mass is 79.9. The summed E-state index contributed by atoms with van der Waals surface area (Å²) in [5, 5.41) is 15.8. The van der Waals surface area contributed by atoms with Gasteiger partial charge in [0.15, 0.2) is 0 Å². The lowest BCUT2D eigenvalue weighted by Crippen LogP contribution is -2.44. The third kappa shape index (κ3) is 5.86. The van der Waals surface area contributed by atoms with Crippen LogP contribution < -0.4 is 15.4 Å². The zero-order valence-electron chi connectivity index (χ0n) is 19.4. The van der Waals surface area contributed by atoms with E-state index in [0.717, 1.165) is 29.4 Å². The maximum absolute atomic E-state index is 13.0. The van der Waals surface area contributed by atoms with Crippen molar-refractivity contribution in [2.75, 3.05) is 25.3 Å². The van der Waals surface area contributed by atoms with Gasteiger partial charge in [0.05, 0.1) is 41.1 Å². The number of halogens is 1. The van der Waals surface area contributed by atoms with Crippen LogP contribution in [0.15, 0.2) is 57.5 Å². The number of aryl methyl sites for hydroxylation is 1. The number of hydrogen-bond acceptors (Lipinski definition) is 7. The average Bonchev–Trinajstić information content (AvgIpc) is 2.86. The predicted octanol–water partition coefficient (Wildman–Crippen LogP) is 4.13. The first kappa shape index (κ1) is 26.3. The molecule has 2 amide bonds. The molecule has 2 atom stereocenters. The van der Waals surface area contributed by atoms with Crippen LogP contribution >= 0.6 is 27.7 Å². The van der Waals surface area contributed by atoms with E-state index in [2.05, 4.69) is 32.6 Å². The van der Waals surface area contributed by atoms with E-state index in [1.54, 1.807) is 18.2 Å². The van der Waals surface area contributed by atoms with Crippen molar-refractivity contribution in [3.8, 4) is 11.8 Å². The van der Waals surface area contributed by atoms with Gasteiger partial charge in [-0.15, -0.1) is 0 Å². The van der Waals surface area contributed by atoms with Gasteiger partial charge in [-0.05, 0) is 51.7 Å². The molecule has 3 rings (SSSR count). The Morgan fingerprint density at radius 2 is 1.97 bits per heavy atom. The molecule has 1 aliphatic heterocycles. The quantitative estimate of drug-likeness (QED) is 0.370. The zero-order chi connectivity index (χ0) is 25.5. The number of benzene rings is 2. The Morgan fingerprint density at radius 1 is 1.23 bits per heavy atom. The first-order valence-electron chi connectivity index (χ1n) is 10.7. The van der Waals surface area contributed by atoms with Gasteiger partial charge in [-0.1, -0.05) is 43.0 Å². The normalized spacial score (nSPS) is 17.3. The molecule has 0 radical (unpaired) electrons. The number of hydrogen-bond donors (Lipinski definition) is 2. The number of nitrogens with one attached hydrogen (secondary N) is 2. The van der Waals surface area contributed by atoms with Gasteiger partial charge in [-0.3, -0.25) is 14.4 Å². The highest BCUT2D eigenvalue weighted by molar-refractivity contribution is 9.10. The lowest BCUT2D eigenvalue weighted by atomic mass is 9.78. The highest BCUT2D eigenvalue weighted by Gasteiger charge is 2.44. The van der Waals surface area contributed by atoms with Gasteiger partial charge >= 0.3 is 5.97 Å². The highest BCUT2D eigenvalue weighted by Crippen LogP contribution is 2.42. The van der Waals surface area contributed by atoms with Crippen LogP contribution in [0.4, 0.5) is 5.69 Å².